The van der Waals surface area contributed by atoms with E-state index >= 15 is 0 Å². The second kappa shape index (κ2) is 5.28. The molecule has 0 bridgehead atoms. The predicted molar refractivity (Wildman–Crippen MR) is 71.4 cm³/mol. The first kappa shape index (κ1) is 12.7. The van der Waals surface area contributed by atoms with Crippen molar-refractivity contribution >= 4 is 11.6 Å². The summed E-state index contributed by atoms with van der Waals surface area (Å²) in [5.74, 6) is 0.279. The SMILES string of the molecule is CC1(CNCc2c(O)cccc2Cl)CCCC1. The van der Waals surface area contributed by atoms with Gasteiger partial charge < -0.3 is 10.4 Å². The molecule has 0 aromatic heterocycles. The summed E-state index contributed by atoms with van der Waals surface area (Å²) < 4.78 is 0. The fourth-order valence-electron chi connectivity index (χ4n) is 2.62. The molecule has 1 aliphatic carbocycles. The Balaban J connectivity index is 1.90. The maximum atomic E-state index is 9.72. The number of hydrogen-bond acceptors (Lipinski definition) is 2. The van der Waals surface area contributed by atoms with Crippen LogP contribution in [0.15, 0.2) is 18.2 Å². The van der Waals surface area contributed by atoms with Crippen molar-refractivity contribution in [1.82, 2.24) is 5.32 Å². The van der Waals surface area contributed by atoms with Crippen molar-refractivity contribution in [3.63, 3.8) is 0 Å². The molecule has 0 heterocycles. The maximum Gasteiger partial charge on any atom is 0.121 e. The van der Waals surface area contributed by atoms with Crippen molar-refractivity contribution in [3.8, 4) is 5.75 Å². The number of hydrogen-bond donors (Lipinski definition) is 2. The van der Waals surface area contributed by atoms with E-state index < -0.39 is 0 Å². The molecule has 2 nitrogen and oxygen atoms in total. The smallest absolute Gasteiger partial charge is 0.121 e. The lowest BCUT2D eigenvalue weighted by Gasteiger charge is -2.24. The summed E-state index contributed by atoms with van der Waals surface area (Å²) >= 11 is 6.06. The number of phenolic OH excluding ortho intramolecular Hbond substituents is 1. The van der Waals surface area contributed by atoms with E-state index in [1.165, 1.54) is 25.7 Å². The average Bonchev–Trinajstić information content (AvgIpc) is 2.70. The molecule has 0 radical (unpaired) electrons. The lowest BCUT2D eigenvalue weighted by molar-refractivity contribution is 0.313. The lowest BCUT2D eigenvalue weighted by Crippen LogP contribution is -2.29. The average molecular weight is 254 g/mol. The van der Waals surface area contributed by atoms with Gasteiger partial charge in [0.2, 0.25) is 0 Å². The van der Waals surface area contributed by atoms with Crippen molar-refractivity contribution in [1.29, 1.82) is 0 Å². The molecule has 0 atom stereocenters. The summed E-state index contributed by atoms with van der Waals surface area (Å²) in [5.41, 5.74) is 1.23. The van der Waals surface area contributed by atoms with E-state index in [1.54, 1.807) is 12.1 Å². The second-order valence-electron chi connectivity index (χ2n) is 5.36. The molecule has 1 fully saturated rings. The molecule has 0 spiro atoms. The maximum absolute atomic E-state index is 9.72. The van der Waals surface area contributed by atoms with Gasteiger partial charge in [0.15, 0.2) is 0 Å². The first-order valence-electron chi connectivity index (χ1n) is 6.28. The third-order valence-corrected chi connectivity index (χ3v) is 4.11. The summed E-state index contributed by atoms with van der Waals surface area (Å²) in [5, 5.41) is 13.8. The molecule has 2 N–H and O–H groups in total. The first-order valence-corrected chi connectivity index (χ1v) is 6.66. The van der Waals surface area contributed by atoms with Gasteiger partial charge in [0.05, 0.1) is 0 Å². The molecule has 1 aromatic carbocycles. The minimum Gasteiger partial charge on any atom is -0.508 e. The van der Waals surface area contributed by atoms with Crippen LogP contribution in [0.2, 0.25) is 5.02 Å². The van der Waals surface area contributed by atoms with Gasteiger partial charge in [-0.3, -0.25) is 0 Å². The highest BCUT2D eigenvalue weighted by molar-refractivity contribution is 6.31. The van der Waals surface area contributed by atoms with Crippen LogP contribution in [0.3, 0.4) is 0 Å². The fraction of sp³-hybridized carbons (Fsp3) is 0.571. The van der Waals surface area contributed by atoms with Crippen molar-refractivity contribution in [2.75, 3.05) is 6.54 Å². The summed E-state index contributed by atoms with van der Waals surface area (Å²) in [7, 11) is 0. The zero-order chi connectivity index (χ0) is 12.3. The van der Waals surface area contributed by atoms with E-state index in [9.17, 15) is 5.11 Å². The van der Waals surface area contributed by atoms with Crippen molar-refractivity contribution in [3.05, 3.63) is 28.8 Å². The molecule has 94 valence electrons. The highest BCUT2D eigenvalue weighted by Crippen LogP contribution is 2.36. The van der Waals surface area contributed by atoms with Gasteiger partial charge in [-0.15, -0.1) is 0 Å². The van der Waals surface area contributed by atoms with Crippen LogP contribution in [0.5, 0.6) is 5.75 Å². The molecule has 3 heteroatoms. The zero-order valence-corrected chi connectivity index (χ0v) is 11.1. The molecule has 0 unspecified atom stereocenters. The van der Waals surface area contributed by atoms with Crippen LogP contribution >= 0.6 is 11.6 Å². The molecular formula is C14H20ClNO. The van der Waals surface area contributed by atoms with Gasteiger partial charge in [0, 0.05) is 23.7 Å². The number of nitrogens with one attached hydrogen (secondary N) is 1. The minimum atomic E-state index is 0.279. The van der Waals surface area contributed by atoms with Crippen molar-refractivity contribution in [2.45, 2.75) is 39.2 Å². The van der Waals surface area contributed by atoms with Crippen LogP contribution in [0, 0.1) is 5.41 Å². The van der Waals surface area contributed by atoms with Crippen molar-refractivity contribution < 1.29 is 5.11 Å². The highest BCUT2D eigenvalue weighted by atomic mass is 35.5. The van der Waals surface area contributed by atoms with Gasteiger partial charge in [0.1, 0.15) is 5.75 Å². The summed E-state index contributed by atoms with van der Waals surface area (Å²) in [6, 6.07) is 5.26. The van der Waals surface area contributed by atoms with Gasteiger partial charge in [-0.25, -0.2) is 0 Å². The lowest BCUT2D eigenvalue weighted by atomic mass is 9.89. The normalized spacial score (nSPS) is 18.5. The molecular weight excluding hydrogens is 234 g/mol. The molecule has 2 rings (SSSR count). The molecule has 1 aliphatic rings. The highest BCUT2D eigenvalue weighted by Gasteiger charge is 2.27. The largest absolute Gasteiger partial charge is 0.508 e. The second-order valence-corrected chi connectivity index (χ2v) is 5.77. The van der Waals surface area contributed by atoms with Gasteiger partial charge >= 0.3 is 0 Å². The molecule has 0 saturated heterocycles. The van der Waals surface area contributed by atoms with Crippen LogP contribution in [-0.2, 0) is 6.54 Å². The molecule has 17 heavy (non-hydrogen) atoms. The van der Waals surface area contributed by atoms with Crippen LogP contribution in [0.25, 0.3) is 0 Å². The van der Waals surface area contributed by atoms with Gasteiger partial charge in [-0.1, -0.05) is 37.4 Å². The first-order chi connectivity index (χ1) is 8.11. The van der Waals surface area contributed by atoms with Gasteiger partial charge in [-0.05, 0) is 30.4 Å². The van der Waals surface area contributed by atoms with Gasteiger partial charge in [-0.2, -0.15) is 0 Å². The molecule has 1 saturated carbocycles. The summed E-state index contributed by atoms with van der Waals surface area (Å²) in [6.45, 7) is 3.97. The van der Waals surface area contributed by atoms with Crippen LogP contribution in [0.4, 0.5) is 0 Å². The van der Waals surface area contributed by atoms with E-state index in [2.05, 4.69) is 12.2 Å². The Labute approximate surface area is 108 Å². The van der Waals surface area contributed by atoms with Crippen LogP contribution < -0.4 is 5.32 Å². The number of rotatable bonds is 4. The van der Waals surface area contributed by atoms with Crippen LogP contribution in [0.1, 0.15) is 38.2 Å². The third-order valence-electron chi connectivity index (χ3n) is 3.76. The van der Waals surface area contributed by atoms with E-state index in [0.717, 1.165) is 12.1 Å². The van der Waals surface area contributed by atoms with Crippen molar-refractivity contribution in [2.24, 2.45) is 5.41 Å². The Morgan fingerprint density at radius 2 is 2.06 bits per heavy atom. The van der Waals surface area contributed by atoms with Gasteiger partial charge in [0.25, 0.3) is 0 Å². The topological polar surface area (TPSA) is 32.3 Å². The molecule has 0 amide bonds. The fourth-order valence-corrected chi connectivity index (χ4v) is 2.85. The molecule has 1 aromatic rings. The summed E-state index contributed by atoms with van der Waals surface area (Å²) in [6.07, 6.45) is 5.29. The standard InChI is InChI=1S/C14H20ClNO/c1-14(7-2-3-8-14)10-16-9-11-12(15)5-4-6-13(11)17/h4-6,16-17H,2-3,7-10H2,1H3. The van der Waals surface area contributed by atoms with E-state index in [4.69, 9.17) is 11.6 Å². The number of phenols is 1. The predicted octanol–water partition coefficient (Wildman–Crippen LogP) is 3.72. The Morgan fingerprint density at radius 3 is 2.71 bits per heavy atom. The molecule has 0 aliphatic heterocycles. The Kier molecular flexibility index (Phi) is 3.95. The number of halogens is 1. The quantitative estimate of drug-likeness (QED) is 0.857. The van der Waals surface area contributed by atoms with E-state index in [-0.39, 0.29) is 5.75 Å². The number of benzene rings is 1. The Morgan fingerprint density at radius 1 is 1.35 bits per heavy atom. The van der Waals surface area contributed by atoms with E-state index in [1.807, 2.05) is 6.07 Å². The number of aromatic hydroxyl groups is 1. The zero-order valence-electron chi connectivity index (χ0n) is 10.3. The van der Waals surface area contributed by atoms with Crippen LogP contribution in [-0.4, -0.2) is 11.7 Å². The monoisotopic (exact) mass is 253 g/mol. The van der Waals surface area contributed by atoms with E-state index in [0.29, 0.717) is 17.0 Å². The summed E-state index contributed by atoms with van der Waals surface area (Å²) in [4.78, 5) is 0. The Bertz CT molecular complexity index is 366. The minimum absolute atomic E-state index is 0.279. The Hall–Kier alpha value is -0.730. The third kappa shape index (κ3) is 3.14.